The fourth-order valence-corrected chi connectivity index (χ4v) is 2.50. The van der Waals surface area contributed by atoms with E-state index in [0.29, 0.717) is 5.92 Å². The molecule has 0 aliphatic rings. The summed E-state index contributed by atoms with van der Waals surface area (Å²) in [6.07, 6.45) is 0. The van der Waals surface area contributed by atoms with Gasteiger partial charge >= 0.3 is 0 Å². The molecule has 2 nitrogen and oxygen atoms in total. The van der Waals surface area contributed by atoms with Crippen molar-refractivity contribution in [3.63, 3.8) is 0 Å². The van der Waals surface area contributed by atoms with Crippen molar-refractivity contribution in [2.75, 3.05) is 0 Å². The molecule has 0 aliphatic heterocycles. The normalized spacial score (nSPS) is 12.9. The van der Waals surface area contributed by atoms with Gasteiger partial charge in [-0.2, -0.15) is 0 Å². The molecule has 1 aromatic carbocycles. The molecular weight excluding hydrogens is 230 g/mol. The SMILES string of the molecule is CC(C)C(C)NC(=O)c1cc2ccccc2s1. The largest absolute Gasteiger partial charge is 0.349 e. The first-order valence-corrected chi connectivity index (χ1v) is 6.69. The molecule has 90 valence electrons. The van der Waals surface area contributed by atoms with Gasteiger partial charge in [0.2, 0.25) is 0 Å². The highest BCUT2D eigenvalue weighted by Crippen LogP contribution is 2.25. The Hall–Kier alpha value is -1.35. The molecule has 1 N–H and O–H groups in total. The van der Waals surface area contributed by atoms with Gasteiger partial charge in [-0.05, 0) is 30.4 Å². The molecule has 1 amide bonds. The van der Waals surface area contributed by atoms with Crippen molar-refractivity contribution < 1.29 is 4.79 Å². The predicted octanol–water partition coefficient (Wildman–Crippen LogP) is 3.68. The average molecular weight is 247 g/mol. The summed E-state index contributed by atoms with van der Waals surface area (Å²) in [5.74, 6) is 0.487. The molecule has 17 heavy (non-hydrogen) atoms. The minimum atomic E-state index is 0.0346. The fourth-order valence-electron chi connectivity index (χ4n) is 1.54. The van der Waals surface area contributed by atoms with Gasteiger partial charge in [-0.3, -0.25) is 4.79 Å². The van der Waals surface area contributed by atoms with Gasteiger partial charge in [0, 0.05) is 10.7 Å². The zero-order valence-electron chi connectivity index (χ0n) is 10.4. The van der Waals surface area contributed by atoms with Gasteiger partial charge in [-0.25, -0.2) is 0 Å². The molecule has 1 aromatic heterocycles. The highest BCUT2D eigenvalue weighted by atomic mass is 32.1. The average Bonchev–Trinajstić information content (AvgIpc) is 2.72. The van der Waals surface area contributed by atoms with E-state index in [1.54, 1.807) is 11.3 Å². The smallest absolute Gasteiger partial charge is 0.261 e. The summed E-state index contributed by atoms with van der Waals surface area (Å²) in [6.45, 7) is 6.25. The maximum atomic E-state index is 12.0. The zero-order valence-corrected chi connectivity index (χ0v) is 11.2. The Morgan fingerprint density at radius 1 is 1.24 bits per heavy atom. The molecule has 0 radical (unpaired) electrons. The van der Waals surface area contributed by atoms with Gasteiger partial charge in [-0.15, -0.1) is 11.3 Å². The molecule has 1 heterocycles. The summed E-state index contributed by atoms with van der Waals surface area (Å²) < 4.78 is 1.16. The topological polar surface area (TPSA) is 29.1 Å². The van der Waals surface area contributed by atoms with Gasteiger partial charge < -0.3 is 5.32 Å². The van der Waals surface area contributed by atoms with Crippen molar-refractivity contribution in [3.8, 4) is 0 Å². The van der Waals surface area contributed by atoms with Crippen molar-refractivity contribution in [3.05, 3.63) is 35.2 Å². The summed E-state index contributed by atoms with van der Waals surface area (Å²) in [5.41, 5.74) is 0. The molecule has 0 spiro atoms. The van der Waals surface area contributed by atoms with Crippen LogP contribution in [0.2, 0.25) is 0 Å². The third-order valence-corrected chi connectivity index (χ3v) is 4.12. The van der Waals surface area contributed by atoms with Crippen molar-refractivity contribution in [2.45, 2.75) is 26.8 Å². The van der Waals surface area contributed by atoms with Crippen molar-refractivity contribution in [1.29, 1.82) is 0 Å². The molecule has 0 fully saturated rings. The number of hydrogen-bond acceptors (Lipinski definition) is 2. The lowest BCUT2D eigenvalue weighted by molar-refractivity contribution is 0.0934. The molecular formula is C14H17NOS. The van der Waals surface area contributed by atoms with Crippen LogP contribution in [0.15, 0.2) is 30.3 Å². The van der Waals surface area contributed by atoms with Crippen LogP contribution in [-0.4, -0.2) is 11.9 Å². The lowest BCUT2D eigenvalue weighted by Crippen LogP contribution is -2.35. The molecule has 3 heteroatoms. The number of carbonyl (C=O) groups excluding carboxylic acids is 1. The molecule has 1 atom stereocenters. The summed E-state index contributed by atoms with van der Waals surface area (Å²) in [6, 6.07) is 10.2. The lowest BCUT2D eigenvalue weighted by atomic mass is 10.1. The minimum Gasteiger partial charge on any atom is -0.349 e. The number of rotatable bonds is 3. The molecule has 0 saturated carbocycles. The van der Waals surface area contributed by atoms with E-state index in [9.17, 15) is 4.79 Å². The second-order valence-electron chi connectivity index (χ2n) is 4.65. The van der Waals surface area contributed by atoms with Gasteiger partial charge in [0.05, 0.1) is 4.88 Å². The van der Waals surface area contributed by atoms with Crippen LogP contribution in [0.25, 0.3) is 10.1 Å². The second kappa shape index (κ2) is 4.88. The molecule has 2 rings (SSSR count). The zero-order chi connectivity index (χ0) is 12.4. The quantitative estimate of drug-likeness (QED) is 0.880. The Kier molecular flexibility index (Phi) is 3.48. The van der Waals surface area contributed by atoms with Gasteiger partial charge in [-0.1, -0.05) is 32.0 Å². The first-order chi connectivity index (χ1) is 8.08. The number of nitrogens with one attached hydrogen (secondary N) is 1. The van der Waals surface area contributed by atoms with Crippen LogP contribution in [0, 0.1) is 5.92 Å². The number of fused-ring (bicyclic) bond motifs is 1. The summed E-state index contributed by atoms with van der Waals surface area (Å²) >= 11 is 1.55. The Morgan fingerprint density at radius 3 is 2.59 bits per heavy atom. The van der Waals surface area contributed by atoms with E-state index in [4.69, 9.17) is 0 Å². The highest BCUT2D eigenvalue weighted by molar-refractivity contribution is 7.20. The van der Waals surface area contributed by atoms with E-state index in [1.165, 1.54) is 0 Å². The lowest BCUT2D eigenvalue weighted by Gasteiger charge is -2.16. The van der Waals surface area contributed by atoms with Crippen LogP contribution in [0.3, 0.4) is 0 Å². The van der Waals surface area contributed by atoms with Gasteiger partial charge in [0.15, 0.2) is 0 Å². The van der Waals surface area contributed by atoms with Crippen LogP contribution >= 0.6 is 11.3 Å². The second-order valence-corrected chi connectivity index (χ2v) is 5.74. The number of amides is 1. The summed E-state index contributed by atoms with van der Waals surface area (Å²) in [5, 5.41) is 4.17. The molecule has 1 unspecified atom stereocenters. The van der Waals surface area contributed by atoms with Crippen LogP contribution in [0.5, 0.6) is 0 Å². The Labute approximate surface area is 106 Å². The Balaban J connectivity index is 2.19. The molecule has 2 aromatic rings. The van der Waals surface area contributed by atoms with Crippen LogP contribution in [0.4, 0.5) is 0 Å². The maximum Gasteiger partial charge on any atom is 0.261 e. The monoisotopic (exact) mass is 247 g/mol. The molecule has 0 bridgehead atoms. The van der Waals surface area contributed by atoms with E-state index in [2.05, 4.69) is 19.2 Å². The van der Waals surface area contributed by atoms with E-state index in [-0.39, 0.29) is 11.9 Å². The molecule has 0 aliphatic carbocycles. The maximum absolute atomic E-state index is 12.0. The third kappa shape index (κ3) is 2.67. The fraction of sp³-hybridized carbons (Fsp3) is 0.357. The first-order valence-electron chi connectivity index (χ1n) is 5.87. The van der Waals surface area contributed by atoms with Crippen LogP contribution in [-0.2, 0) is 0 Å². The van der Waals surface area contributed by atoms with Crippen molar-refractivity contribution in [2.24, 2.45) is 5.92 Å². The van der Waals surface area contributed by atoms with E-state index < -0.39 is 0 Å². The van der Waals surface area contributed by atoms with Gasteiger partial charge in [0.25, 0.3) is 5.91 Å². The van der Waals surface area contributed by atoms with Crippen LogP contribution in [0.1, 0.15) is 30.4 Å². The summed E-state index contributed by atoms with van der Waals surface area (Å²) in [7, 11) is 0. The first kappa shape index (κ1) is 12.1. The van der Waals surface area contributed by atoms with E-state index in [1.807, 2.05) is 37.3 Å². The highest BCUT2D eigenvalue weighted by Gasteiger charge is 2.14. The minimum absolute atomic E-state index is 0.0346. The van der Waals surface area contributed by atoms with E-state index in [0.717, 1.165) is 15.0 Å². The van der Waals surface area contributed by atoms with Crippen LogP contribution < -0.4 is 5.32 Å². The number of hydrogen-bond donors (Lipinski definition) is 1. The van der Waals surface area contributed by atoms with Crippen molar-refractivity contribution >= 4 is 27.3 Å². The third-order valence-electron chi connectivity index (χ3n) is 3.01. The number of carbonyl (C=O) groups is 1. The molecule has 0 saturated heterocycles. The van der Waals surface area contributed by atoms with Crippen molar-refractivity contribution in [1.82, 2.24) is 5.32 Å². The Bertz CT molecular complexity index is 497. The predicted molar refractivity (Wildman–Crippen MR) is 73.6 cm³/mol. The summed E-state index contributed by atoms with van der Waals surface area (Å²) in [4.78, 5) is 12.8. The number of benzene rings is 1. The number of thiophene rings is 1. The van der Waals surface area contributed by atoms with Gasteiger partial charge in [0.1, 0.15) is 0 Å². The standard InChI is InChI=1S/C14H17NOS/c1-9(2)10(3)15-14(16)13-8-11-6-4-5-7-12(11)17-13/h4-10H,1-3H3,(H,15,16). The Morgan fingerprint density at radius 2 is 1.94 bits per heavy atom. The van der Waals surface area contributed by atoms with E-state index >= 15 is 0 Å².